The first-order valence-corrected chi connectivity index (χ1v) is 11.0. The molecule has 0 saturated heterocycles. The van der Waals surface area contributed by atoms with E-state index in [0.717, 1.165) is 33.8 Å². The molecule has 36 heavy (non-hydrogen) atoms. The predicted octanol–water partition coefficient (Wildman–Crippen LogP) is 5.32. The molecule has 4 rings (SSSR count). The number of thiocarbonyl (C=S) groups is 1. The fourth-order valence-corrected chi connectivity index (χ4v) is 3.84. The number of carbonyl (C=O) groups is 2. The first-order chi connectivity index (χ1) is 17.0. The van der Waals surface area contributed by atoms with E-state index in [9.17, 15) is 22.8 Å². The van der Waals surface area contributed by atoms with E-state index < -0.39 is 23.9 Å². The van der Waals surface area contributed by atoms with Gasteiger partial charge in [-0.3, -0.25) is 15.0 Å². The van der Waals surface area contributed by atoms with Crippen molar-refractivity contribution in [3.8, 4) is 5.75 Å². The molecule has 0 aliphatic carbocycles. The Labute approximate surface area is 209 Å². The summed E-state index contributed by atoms with van der Waals surface area (Å²) < 4.78 is 41.0. The second-order valence-corrected chi connectivity index (χ2v) is 8.29. The van der Waals surface area contributed by atoms with Crippen LogP contribution in [0.5, 0.6) is 5.75 Å². The van der Waals surface area contributed by atoms with E-state index in [1.165, 1.54) is 30.5 Å². The molecule has 0 aromatic heterocycles. The van der Waals surface area contributed by atoms with Crippen LogP contribution < -0.4 is 20.4 Å². The monoisotopic (exact) mass is 512 g/mol. The first-order valence-electron chi connectivity index (χ1n) is 10.6. The summed E-state index contributed by atoms with van der Waals surface area (Å²) in [6, 6.07) is 14.9. The molecular formula is C25H19F3N4O3S. The molecule has 1 heterocycles. The first kappa shape index (κ1) is 24.9. The number of hydrogen-bond acceptors (Lipinski definition) is 5. The van der Waals surface area contributed by atoms with Crippen LogP contribution in [0.3, 0.4) is 0 Å². The Kier molecular flexibility index (Phi) is 6.75. The zero-order chi connectivity index (χ0) is 26.0. The Bertz CT molecular complexity index is 1370. The number of benzene rings is 3. The number of aryl methyl sites for hydroxylation is 2. The van der Waals surface area contributed by atoms with Crippen LogP contribution >= 0.6 is 12.2 Å². The molecule has 1 aliphatic heterocycles. The Hall–Kier alpha value is -4.25. The van der Waals surface area contributed by atoms with Gasteiger partial charge in [-0.15, -0.1) is 13.2 Å². The molecule has 3 aromatic rings. The van der Waals surface area contributed by atoms with Crippen molar-refractivity contribution in [2.45, 2.75) is 20.2 Å². The summed E-state index contributed by atoms with van der Waals surface area (Å²) in [7, 11) is 0. The molecule has 0 saturated carbocycles. The molecule has 0 atom stereocenters. The lowest BCUT2D eigenvalue weighted by atomic mass is 10.1. The van der Waals surface area contributed by atoms with Crippen molar-refractivity contribution in [3.05, 3.63) is 88.5 Å². The largest absolute Gasteiger partial charge is 0.573 e. The van der Waals surface area contributed by atoms with Crippen molar-refractivity contribution < 1.29 is 27.5 Å². The third-order valence-electron chi connectivity index (χ3n) is 5.34. The van der Waals surface area contributed by atoms with Gasteiger partial charge in [0.2, 0.25) is 0 Å². The SMILES string of the molecule is Cc1cccc(C)c1NC(=S)NN=Cc1ccc2c(c1)C(=O)N(c1ccc(OC(F)(F)F)cc1)C2=O. The van der Waals surface area contributed by atoms with Gasteiger partial charge in [-0.1, -0.05) is 24.3 Å². The number of nitrogens with zero attached hydrogens (tertiary/aromatic N) is 2. The molecule has 7 nitrogen and oxygen atoms in total. The van der Waals surface area contributed by atoms with Crippen LogP contribution in [-0.4, -0.2) is 29.5 Å². The Morgan fingerprint density at radius 3 is 2.25 bits per heavy atom. The van der Waals surface area contributed by atoms with Crippen molar-refractivity contribution in [2.24, 2.45) is 5.10 Å². The summed E-state index contributed by atoms with van der Waals surface area (Å²) in [6.45, 7) is 3.91. The maximum atomic E-state index is 12.9. The number of para-hydroxylation sites is 1. The van der Waals surface area contributed by atoms with Crippen molar-refractivity contribution >= 4 is 46.7 Å². The second-order valence-electron chi connectivity index (χ2n) is 7.88. The lowest BCUT2D eigenvalue weighted by Crippen LogP contribution is -2.29. The normalized spacial score (nSPS) is 13.2. The molecule has 1 aliphatic rings. The van der Waals surface area contributed by atoms with Crippen LogP contribution in [0, 0.1) is 13.8 Å². The van der Waals surface area contributed by atoms with E-state index in [-0.39, 0.29) is 21.9 Å². The summed E-state index contributed by atoms with van der Waals surface area (Å²) in [5.74, 6) is -1.64. The Morgan fingerprint density at radius 2 is 1.61 bits per heavy atom. The van der Waals surface area contributed by atoms with E-state index in [0.29, 0.717) is 5.56 Å². The number of anilines is 2. The molecule has 2 amide bonds. The van der Waals surface area contributed by atoms with Crippen LogP contribution in [0.2, 0.25) is 0 Å². The van der Waals surface area contributed by atoms with Gasteiger partial charge >= 0.3 is 6.36 Å². The van der Waals surface area contributed by atoms with Gasteiger partial charge in [0.25, 0.3) is 11.8 Å². The van der Waals surface area contributed by atoms with Gasteiger partial charge in [0, 0.05) is 5.69 Å². The van der Waals surface area contributed by atoms with E-state index in [4.69, 9.17) is 12.2 Å². The van der Waals surface area contributed by atoms with Crippen LogP contribution in [0.15, 0.2) is 65.8 Å². The predicted molar refractivity (Wildman–Crippen MR) is 134 cm³/mol. The Morgan fingerprint density at radius 1 is 0.972 bits per heavy atom. The molecule has 11 heteroatoms. The maximum Gasteiger partial charge on any atom is 0.573 e. The van der Waals surface area contributed by atoms with Crippen molar-refractivity contribution in [1.82, 2.24) is 5.43 Å². The van der Waals surface area contributed by atoms with Gasteiger partial charge < -0.3 is 10.1 Å². The minimum atomic E-state index is -4.84. The van der Waals surface area contributed by atoms with Gasteiger partial charge in [0.05, 0.1) is 23.0 Å². The lowest BCUT2D eigenvalue weighted by Gasteiger charge is -2.15. The quantitative estimate of drug-likeness (QED) is 0.208. The van der Waals surface area contributed by atoms with Crippen LogP contribution in [0.1, 0.15) is 37.4 Å². The minimum absolute atomic E-state index is 0.121. The van der Waals surface area contributed by atoms with Gasteiger partial charge in [0.1, 0.15) is 5.75 Å². The fraction of sp³-hybridized carbons (Fsp3) is 0.120. The smallest absolute Gasteiger partial charge is 0.406 e. The number of halogens is 3. The molecule has 184 valence electrons. The van der Waals surface area contributed by atoms with E-state index in [1.54, 1.807) is 6.07 Å². The molecule has 0 unspecified atom stereocenters. The van der Waals surface area contributed by atoms with E-state index in [2.05, 4.69) is 20.6 Å². The molecule has 0 radical (unpaired) electrons. The summed E-state index contributed by atoms with van der Waals surface area (Å²) in [4.78, 5) is 26.6. The number of hydrogen-bond donors (Lipinski definition) is 2. The number of imide groups is 1. The van der Waals surface area contributed by atoms with Crippen LogP contribution in [0.4, 0.5) is 24.5 Å². The number of hydrazone groups is 1. The maximum absolute atomic E-state index is 12.9. The van der Waals surface area contributed by atoms with Crippen molar-refractivity contribution in [3.63, 3.8) is 0 Å². The summed E-state index contributed by atoms with van der Waals surface area (Å²) in [5.41, 5.74) is 6.62. The summed E-state index contributed by atoms with van der Waals surface area (Å²) >= 11 is 5.28. The molecule has 0 bridgehead atoms. The second kappa shape index (κ2) is 9.78. The highest BCUT2D eigenvalue weighted by molar-refractivity contribution is 7.80. The van der Waals surface area contributed by atoms with Gasteiger partial charge in [-0.25, -0.2) is 4.90 Å². The van der Waals surface area contributed by atoms with E-state index >= 15 is 0 Å². The minimum Gasteiger partial charge on any atom is -0.406 e. The summed E-state index contributed by atoms with van der Waals surface area (Å²) in [5, 5.41) is 7.46. The topological polar surface area (TPSA) is 83.0 Å². The van der Waals surface area contributed by atoms with Crippen molar-refractivity contribution in [2.75, 3.05) is 10.2 Å². The summed E-state index contributed by atoms with van der Waals surface area (Å²) in [6.07, 6.45) is -3.40. The number of amides is 2. The van der Waals surface area contributed by atoms with Gasteiger partial charge in [-0.05, 0) is 79.2 Å². The van der Waals surface area contributed by atoms with Crippen LogP contribution in [0.25, 0.3) is 0 Å². The highest BCUT2D eigenvalue weighted by atomic mass is 32.1. The fourth-order valence-electron chi connectivity index (χ4n) is 3.69. The van der Waals surface area contributed by atoms with E-state index in [1.807, 2.05) is 32.0 Å². The molecule has 0 spiro atoms. The molecule has 3 aromatic carbocycles. The standard InChI is InChI=1S/C25H19F3N4O3S/c1-14-4-3-5-15(2)21(14)30-24(36)31-29-13-16-6-11-19-20(12-16)23(34)32(22(19)33)17-7-9-18(10-8-17)35-25(26,27)28/h3-13H,1-2H3,(H2,30,31,36). The number of fused-ring (bicyclic) bond motifs is 1. The highest BCUT2D eigenvalue weighted by Crippen LogP contribution is 2.31. The number of nitrogens with one attached hydrogen (secondary N) is 2. The molecule has 2 N–H and O–H groups in total. The average molecular weight is 513 g/mol. The third-order valence-corrected chi connectivity index (χ3v) is 5.53. The number of carbonyl (C=O) groups excluding carboxylic acids is 2. The van der Waals surface area contributed by atoms with Crippen LogP contribution in [-0.2, 0) is 0 Å². The third kappa shape index (κ3) is 5.36. The lowest BCUT2D eigenvalue weighted by molar-refractivity contribution is -0.274. The number of alkyl halides is 3. The highest BCUT2D eigenvalue weighted by Gasteiger charge is 2.37. The zero-order valence-corrected chi connectivity index (χ0v) is 19.8. The Balaban J connectivity index is 1.45. The van der Waals surface area contributed by atoms with Gasteiger partial charge in [0.15, 0.2) is 5.11 Å². The molecular weight excluding hydrogens is 493 g/mol. The molecule has 0 fully saturated rings. The van der Waals surface area contributed by atoms with Crippen molar-refractivity contribution in [1.29, 1.82) is 0 Å². The van der Waals surface area contributed by atoms with Gasteiger partial charge in [-0.2, -0.15) is 5.10 Å². The number of ether oxygens (including phenoxy) is 1. The number of rotatable bonds is 5. The zero-order valence-electron chi connectivity index (χ0n) is 19.0. The average Bonchev–Trinajstić information content (AvgIpc) is 3.05.